The van der Waals surface area contributed by atoms with Crippen molar-refractivity contribution in [3.63, 3.8) is 0 Å². The number of aromatic nitrogens is 2. The largest absolute Gasteiger partial charge is 0.348 e. The summed E-state index contributed by atoms with van der Waals surface area (Å²) < 4.78 is 1.66. The summed E-state index contributed by atoms with van der Waals surface area (Å²) in [7, 11) is 0. The van der Waals surface area contributed by atoms with E-state index >= 15 is 0 Å². The van der Waals surface area contributed by atoms with Crippen LogP contribution in [0.3, 0.4) is 0 Å². The Labute approximate surface area is 145 Å². The average molecular weight is 334 g/mol. The lowest BCUT2D eigenvalue weighted by molar-refractivity contribution is -0.114. The Morgan fingerprint density at radius 1 is 1.04 bits per heavy atom. The third-order valence-corrected chi connectivity index (χ3v) is 3.59. The standard InChI is InChI=1S/C19H18N4O2/c1-14(24)22-17-9-7-15(8-10-17)11-20-19(25)16-12-21-23(13-16)18-5-3-2-4-6-18/h2-10,12-13H,11H2,1H3,(H,20,25)(H,22,24). The molecule has 1 heterocycles. The second-order valence-corrected chi connectivity index (χ2v) is 5.57. The normalized spacial score (nSPS) is 10.3. The number of carbonyl (C=O) groups excluding carboxylic acids is 2. The minimum absolute atomic E-state index is 0.114. The number of anilines is 1. The molecule has 1 aromatic heterocycles. The van der Waals surface area contributed by atoms with Gasteiger partial charge in [-0.1, -0.05) is 30.3 Å². The number of rotatable bonds is 5. The molecule has 0 radical (unpaired) electrons. The lowest BCUT2D eigenvalue weighted by atomic mass is 10.2. The smallest absolute Gasteiger partial charge is 0.254 e. The summed E-state index contributed by atoms with van der Waals surface area (Å²) in [5, 5.41) is 9.78. The van der Waals surface area contributed by atoms with Gasteiger partial charge in [0.1, 0.15) is 0 Å². The highest BCUT2D eigenvalue weighted by atomic mass is 16.2. The third kappa shape index (κ3) is 4.32. The van der Waals surface area contributed by atoms with Crippen LogP contribution in [0.25, 0.3) is 5.69 Å². The first-order valence-electron chi connectivity index (χ1n) is 7.86. The lowest BCUT2D eigenvalue weighted by Gasteiger charge is -2.06. The predicted molar refractivity (Wildman–Crippen MR) is 95.5 cm³/mol. The van der Waals surface area contributed by atoms with Gasteiger partial charge in [-0.3, -0.25) is 9.59 Å². The van der Waals surface area contributed by atoms with E-state index in [0.29, 0.717) is 12.1 Å². The molecule has 0 saturated heterocycles. The number of nitrogens with one attached hydrogen (secondary N) is 2. The van der Waals surface area contributed by atoms with Gasteiger partial charge in [-0.15, -0.1) is 0 Å². The second kappa shape index (κ2) is 7.44. The molecular weight excluding hydrogens is 316 g/mol. The van der Waals surface area contributed by atoms with Crippen molar-refractivity contribution in [2.24, 2.45) is 0 Å². The highest BCUT2D eigenvalue weighted by Crippen LogP contribution is 2.10. The molecule has 2 aromatic carbocycles. The van der Waals surface area contributed by atoms with E-state index in [1.165, 1.54) is 6.92 Å². The fourth-order valence-corrected chi connectivity index (χ4v) is 2.36. The van der Waals surface area contributed by atoms with E-state index in [1.54, 1.807) is 29.2 Å². The van der Waals surface area contributed by atoms with E-state index in [-0.39, 0.29) is 11.8 Å². The summed E-state index contributed by atoms with van der Waals surface area (Å²) in [5.74, 6) is -0.301. The molecule has 0 unspecified atom stereocenters. The summed E-state index contributed by atoms with van der Waals surface area (Å²) >= 11 is 0. The van der Waals surface area contributed by atoms with E-state index in [1.807, 2.05) is 42.5 Å². The summed E-state index contributed by atoms with van der Waals surface area (Å²) in [6.07, 6.45) is 3.24. The van der Waals surface area contributed by atoms with Crippen LogP contribution in [0.4, 0.5) is 5.69 Å². The molecule has 0 atom stereocenters. The van der Waals surface area contributed by atoms with Crippen molar-refractivity contribution in [3.05, 3.63) is 78.1 Å². The highest BCUT2D eigenvalue weighted by molar-refractivity contribution is 5.93. The molecule has 0 fully saturated rings. The van der Waals surface area contributed by atoms with Crippen LogP contribution in [0.15, 0.2) is 67.0 Å². The number of amides is 2. The molecule has 126 valence electrons. The van der Waals surface area contributed by atoms with Crippen molar-refractivity contribution in [2.45, 2.75) is 13.5 Å². The second-order valence-electron chi connectivity index (χ2n) is 5.57. The van der Waals surface area contributed by atoms with Crippen LogP contribution in [0.2, 0.25) is 0 Å². The molecule has 25 heavy (non-hydrogen) atoms. The Morgan fingerprint density at radius 2 is 1.76 bits per heavy atom. The maximum Gasteiger partial charge on any atom is 0.254 e. The van der Waals surface area contributed by atoms with Gasteiger partial charge >= 0.3 is 0 Å². The first-order chi connectivity index (χ1) is 12.1. The molecule has 6 heteroatoms. The molecule has 3 rings (SSSR count). The Kier molecular flexibility index (Phi) is 4.89. The van der Waals surface area contributed by atoms with Gasteiger partial charge in [0.25, 0.3) is 5.91 Å². The van der Waals surface area contributed by atoms with E-state index in [9.17, 15) is 9.59 Å². The van der Waals surface area contributed by atoms with Crippen molar-refractivity contribution in [2.75, 3.05) is 5.32 Å². The number of benzene rings is 2. The van der Waals surface area contributed by atoms with Gasteiger partial charge in [0, 0.05) is 25.4 Å². The first-order valence-corrected chi connectivity index (χ1v) is 7.86. The van der Waals surface area contributed by atoms with Gasteiger partial charge < -0.3 is 10.6 Å². The minimum Gasteiger partial charge on any atom is -0.348 e. The molecule has 2 amide bonds. The van der Waals surface area contributed by atoms with Crippen LogP contribution in [-0.2, 0) is 11.3 Å². The minimum atomic E-state index is -0.187. The first kappa shape index (κ1) is 16.4. The fourth-order valence-electron chi connectivity index (χ4n) is 2.36. The van der Waals surface area contributed by atoms with Gasteiger partial charge in [0.15, 0.2) is 0 Å². The topological polar surface area (TPSA) is 76.0 Å². The Bertz CT molecular complexity index is 870. The maximum atomic E-state index is 12.3. The molecular formula is C19H18N4O2. The van der Waals surface area contributed by atoms with E-state index in [4.69, 9.17) is 0 Å². The van der Waals surface area contributed by atoms with Crippen LogP contribution in [-0.4, -0.2) is 21.6 Å². The number of nitrogens with zero attached hydrogens (tertiary/aromatic N) is 2. The maximum absolute atomic E-state index is 12.3. The van der Waals surface area contributed by atoms with Crippen molar-refractivity contribution in [3.8, 4) is 5.69 Å². The monoisotopic (exact) mass is 334 g/mol. The SMILES string of the molecule is CC(=O)Nc1ccc(CNC(=O)c2cnn(-c3ccccc3)c2)cc1. The van der Waals surface area contributed by atoms with Gasteiger partial charge in [0.05, 0.1) is 17.4 Å². The number of hydrogen-bond donors (Lipinski definition) is 2. The van der Waals surface area contributed by atoms with Crippen molar-refractivity contribution in [1.82, 2.24) is 15.1 Å². The summed E-state index contributed by atoms with van der Waals surface area (Å²) in [6, 6.07) is 16.9. The molecule has 0 aliphatic rings. The molecule has 0 saturated carbocycles. The van der Waals surface area contributed by atoms with Crippen LogP contribution in [0, 0.1) is 0 Å². The van der Waals surface area contributed by atoms with E-state index in [0.717, 1.165) is 16.9 Å². The molecule has 3 aromatic rings. The van der Waals surface area contributed by atoms with Crippen molar-refractivity contribution in [1.29, 1.82) is 0 Å². The lowest BCUT2D eigenvalue weighted by Crippen LogP contribution is -2.22. The Hall–Kier alpha value is -3.41. The van der Waals surface area contributed by atoms with Gasteiger partial charge in [0.2, 0.25) is 5.91 Å². The summed E-state index contributed by atoms with van der Waals surface area (Å²) in [6.45, 7) is 1.86. The van der Waals surface area contributed by atoms with Crippen LogP contribution in [0.1, 0.15) is 22.8 Å². The van der Waals surface area contributed by atoms with E-state index in [2.05, 4.69) is 15.7 Å². The zero-order chi connectivity index (χ0) is 17.6. The number of para-hydroxylation sites is 1. The number of hydrogen-bond acceptors (Lipinski definition) is 3. The number of carbonyl (C=O) groups is 2. The summed E-state index contributed by atoms with van der Waals surface area (Å²) in [5.41, 5.74) is 3.07. The van der Waals surface area contributed by atoms with Gasteiger partial charge in [-0.05, 0) is 29.8 Å². The predicted octanol–water partition coefficient (Wildman–Crippen LogP) is 2.76. The van der Waals surface area contributed by atoms with Crippen LogP contribution >= 0.6 is 0 Å². The average Bonchev–Trinajstić information content (AvgIpc) is 3.11. The Balaban J connectivity index is 1.59. The van der Waals surface area contributed by atoms with Crippen molar-refractivity contribution < 1.29 is 9.59 Å². The van der Waals surface area contributed by atoms with Crippen LogP contribution < -0.4 is 10.6 Å². The molecule has 0 spiro atoms. The summed E-state index contributed by atoms with van der Waals surface area (Å²) in [4.78, 5) is 23.3. The highest BCUT2D eigenvalue weighted by Gasteiger charge is 2.09. The van der Waals surface area contributed by atoms with E-state index < -0.39 is 0 Å². The molecule has 0 bridgehead atoms. The molecule has 0 aliphatic carbocycles. The quantitative estimate of drug-likeness (QED) is 0.753. The van der Waals surface area contributed by atoms with Gasteiger partial charge in [-0.25, -0.2) is 4.68 Å². The fraction of sp³-hybridized carbons (Fsp3) is 0.105. The van der Waals surface area contributed by atoms with Gasteiger partial charge in [-0.2, -0.15) is 5.10 Å². The van der Waals surface area contributed by atoms with Crippen LogP contribution in [0.5, 0.6) is 0 Å². The Morgan fingerprint density at radius 3 is 2.44 bits per heavy atom. The van der Waals surface area contributed by atoms with Crippen molar-refractivity contribution >= 4 is 17.5 Å². The zero-order valence-electron chi connectivity index (χ0n) is 13.8. The molecule has 6 nitrogen and oxygen atoms in total. The molecule has 2 N–H and O–H groups in total. The third-order valence-electron chi connectivity index (χ3n) is 3.59. The zero-order valence-corrected chi connectivity index (χ0v) is 13.8. The molecule has 0 aliphatic heterocycles.